The zero-order valence-electron chi connectivity index (χ0n) is 10.7. The summed E-state index contributed by atoms with van der Waals surface area (Å²) in [5.74, 6) is -1.19. The van der Waals surface area contributed by atoms with Crippen LogP contribution in [0.5, 0.6) is 0 Å². The standard InChI is InChI=1S/C12H9F3N4O2/c1-21-12(20)19-11-16-5-4-8(18-11)7-3-2-6(13)9(17-7)10(14)15/h2-5,10H,1H3,(H,16,18,19,20). The molecule has 0 aliphatic heterocycles. The molecule has 0 aromatic carbocycles. The van der Waals surface area contributed by atoms with Crippen LogP contribution >= 0.6 is 0 Å². The molecule has 6 nitrogen and oxygen atoms in total. The van der Waals surface area contributed by atoms with E-state index in [-0.39, 0.29) is 17.3 Å². The largest absolute Gasteiger partial charge is 0.453 e. The van der Waals surface area contributed by atoms with Gasteiger partial charge in [0.2, 0.25) is 5.95 Å². The van der Waals surface area contributed by atoms with Gasteiger partial charge in [0.15, 0.2) is 5.82 Å². The van der Waals surface area contributed by atoms with E-state index in [9.17, 15) is 18.0 Å². The van der Waals surface area contributed by atoms with Crippen LogP contribution in [0.2, 0.25) is 0 Å². The molecule has 2 heterocycles. The molecule has 0 aliphatic rings. The number of carbonyl (C=O) groups is 1. The number of aromatic nitrogens is 3. The van der Waals surface area contributed by atoms with Crippen molar-refractivity contribution in [2.75, 3.05) is 12.4 Å². The van der Waals surface area contributed by atoms with Gasteiger partial charge in [0, 0.05) is 6.20 Å². The minimum Gasteiger partial charge on any atom is -0.453 e. The third-order valence-corrected chi connectivity index (χ3v) is 2.40. The van der Waals surface area contributed by atoms with Crippen molar-refractivity contribution in [2.45, 2.75) is 6.43 Å². The van der Waals surface area contributed by atoms with Gasteiger partial charge in [-0.3, -0.25) is 5.32 Å². The number of methoxy groups -OCH3 is 1. The zero-order chi connectivity index (χ0) is 15.4. The summed E-state index contributed by atoms with van der Waals surface area (Å²) in [6, 6.07) is 3.46. The summed E-state index contributed by atoms with van der Waals surface area (Å²) in [5, 5.41) is 2.22. The summed E-state index contributed by atoms with van der Waals surface area (Å²) in [7, 11) is 1.16. The Balaban J connectivity index is 2.36. The van der Waals surface area contributed by atoms with Gasteiger partial charge in [-0.25, -0.2) is 32.9 Å². The van der Waals surface area contributed by atoms with E-state index in [2.05, 4.69) is 25.0 Å². The van der Waals surface area contributed by atoms with E-state index >= 15 is 0 Å². The maximum atomic E-state index is 13.2. The van der Waals surface area contributed by atoms with Gasteiger partial charge in [-0.1, -0.05) is 0 Å². The van der Waals surface area contributed by atoms with E-state index in [1.54, 1.807) is 0 Å². The van der Waals surface area contributed by atoms with E-state index in [0.29, 0.717) is 0 Å². The van der Waals surface area contributed by atoms with Crippen molar-refractivity contribution in [3.8, 4) is 11.4 Å². The number of anilines is 1. The third kappa shape index (κ3) is 3.44. The molecule has 1 amide bonds. The van der Waals surface area contributed by atoms with Crippen molar-refractivity contribution >= 4 is 12.0 Å². The Morgan fingerprint density at radius 1 is 1.24 bits per heavy atom. The second-order valence-corrected chi connectivity index (χ2v) is 3.75. The Labute approximate surface area is 117 Å². The Morgan fingerprint density at radius 3 is 2.62 bits per heavy atom. The highest BCUT2D eigenvalue weighted by Gasteiger charge is 2.17. The lowest BCUT2D eigenvalue weighted by Crippen LogP contribution is -2.13. The van der Waals surface area contributed by atoms with Gasteiger partial charge >= 0.3 is 6.09 Å². The number of amides is 1. The number of pyridine rings is 1. The predicted octanol–water partition coefficient (Wildman–Crippen LogP) is 2.79. The van der Waals surface area contributed by atoms with E-state index in [1.165, 1.54) is 18.3 Å². The van der Waals surface area contributed by atoms with E-state index in [1.807, 2.05) is 0 Å². The molecule has 0 saturated carbocycles. The molecule has 1 N–H and O–H groups in total. The van der Waals surface area contributed by atoms with Crippen LogP contribution in [0, 0.1) is 5.82 Å². The lowest BCUT2D eigenvalue weighted by atomic mass is 10.2. The average Bonchev–Trinajstić information content (AvgIpc) is 2.47. The average molecular weight is 298 g/mol. The normalized spacial score (nSPS) is 10.5. The molecule has 9 heteroatoms. The Morgan fingerprint density at radius 2 is 1.95 bits per heavy atom. The maximum absolute atomic E-state index is 13.2. The molecule has 0 fully saturated rings. The fourth-order valence-electron chi connectivity index (χ4n) is 1.46. The van der Waals surface area contributed by atoms with Gasteiger partial charge in [-0.05, 0) is 18.2 Å². The lowest BCUT2D eigenvalue weighted by Gasteiger charge is -2.06. The Hall–Kier alpha value is -2.71. The molecular formula is C12H9F3N4O2. The fraction of sp³-hybridized carbons (Fsp3) is 0.167. The van der Waals surface area contributed by atoms with Crippen LogP contribution in [0.15, 0.2) is 24.4 Å². The van der Waals surface area contributed by atoms with Gasteiger partial charge in [-0.2, -0.15) is 0 Å². The summed E-state index contributed by atoms with van der Waals surface area (Å²) >= 11 is 0. The zero-order valence-corrected chi connectivity index (χ0v) is 10.7. The number of nitrogens with zero attached hydrogens (tertiary/aromatic N) is 3. The van der Waals surface area contributed by atoms with Crippen molar-refractivity contribution in [1.29, 1.82) is 0 Å². The number of halogens is 3. The van der Waals surface area contributed by atoms with Gasteiger partial charge in [0.25, 0.3) is 6.43 Å². The molecule has 0 aliphatic carbocycles. The molecule has 2 aromatic heterocycles. The first kappa shape index (κ1) is 14.7. The summed E-state index contributed by atoms with van der Waals surface area (Å²) < 4.78 is 42.8. The van der Waals surface area contributed by atoms with Crippen molar-refractivity contribution < 1.29 is 22.7 Å². The van der Waals surface area contributed by atoms with Crippen molar-refractivity contribution in [2.24, 2.45) is 0 Å². The number of hydrogen-bond acceptors (Lipinski definition) is 5. The molecule has 0 bridgehead atoms. The number of nitrogens with one attached hydrogen (secondary N) is 1. The minimum atomic E-state index is -3.04. The molecule has 2 aromatic rings. The first-order valence-electron chi connectivity index (χ1n) is 5.64. The maximum Gasteiger partial charge on any atom is 0.413 e. The number of carbonyl (C=O) groups excluding carboxylic acids is 1. The smallest absolute Gasteiger partial charge is 0.413 e. The van der Waals surface area contributed by atoms with Gasteiger partial charge in [-0.15, -0.1) is 0 Å². The fourth-order valence-corrected chi connectivity index (χ4v) is 1.46. The molecule has 0 radical (unpaired) electrons. The topological polar surface area (TPSA) is 77.0 Å². The number of alkyl halides is 2. The molecular weight excluding hydrogens is 289 g/mol. The highest BCUT2D eigenvalue weighted by atomic mass is 19.3. The molecule has 21 heavy (non-hydrogen) atoms. The van der Waals surface area contributed by atoms with Crippen LogP contribution in [0.25, 0.3) is 11.4 Å². The highest BCUT2D eigenvalue weighted by molar-refractivity contribution is 5.82. The van der Waals surface area contributed by atoms with Crippen LogP contribution in [0.1, 0.15) is 12.1 Å². The summed E-state index contributed by atoms with van der Waals surface area (Å²) in [5.41, 5.74) is -0.783. The van der Waals surface area contributed by atoms with Gasteiger partial charge in [0.1, 0.15) is 5.69 Å². The second-order valence-electron chi connectivity index (χ2n) is 3.75. The van der Waals surface area contributed by atoms with E-state index in [0.717, 1.165) is 13.2 Å². The summed E-state index contributed by atoms with van der Waals surface area (Å²) in [6.45, 7) is 0. The second kappa shape index (κ2) is 6.16. The highest BCUT2D eigenvalue weighted by Crippen LogP contribution is 2.23. The van der Waals surface area contributed by atoms with Crippen LogP contribution in [-0.2, 0) is 4.74 Å². The first-order valence-corrected chi connectivity index (χ1v) is 5.64. The van der Waals surface area contributed by atoms with Crippen LogP contribution in [0.4, 0.5) is 23.9 Å². The van der Waals surface area contributed by atoms with Gasteiger partial charge in [0.05, 0.1) is 18.5 Å². The molecule has 0 spiro atoms. The van der Waals surface area contributed by atoms with E-state index in [4.69, 9.17) is 0 Å². The quantitative estimate of drug-likeness (QED) is 0.942. The van der Waals surface area contributed by atoms with Crippen molar-refractivity contribution in [1.82, 2.24) is 15.0 Å². The number of rotatable bonds is 3. The van der Waals surface area contributed by atoms with Gasteiger partial charge < -0.3 is 4.74 Å². The minimum absolute atomic E-state index is 0.0296. The molecule has 2 rings (SSSR count). The first-order chi connectivity index (χ1) is 10.0. The van der Waals surface area contributed by atoms with Crippen LogP contribution in [-0.4, -0.2) is 28.2 Å². The molecule has 110 valence electrons. The molecule has 0 atom stereocenters. The monoisotopic (exact) mass is 298 g/mol. The summed E-state index contributed by atoms with van der Waals surface area (Å²) in [4.78, 5) is 22.2. The number of ether oxygens (including phenoxy) is 1. The SMILES string of the molecule is COC(=O)Nc1nccc(-c2ccc(F)c(C(F)F)n2)n1. The molecule has 0 unspecified atom stereocenters. The summed E-state index contributed by atoms with van der Waals surface area (Å²) in [6.07, 6.45) is -2.53. The van der Waals surface area contributed by atoms with Crippen LogP contribution < -0.4 is 5.32 Å². The van der Waals surface area contributed by atoms with E-state index < -0.39 is 24.0 Å². The Bertz CT molecular complexity index is 667. The van der Waals surface area contributed by atoms with Crippen LogP contribution in [0.3, 0.4) is 0 Å². The Kier molecular flexibility index (Phi) is 4.31. The van der Waals surface area contributed by atoms with Crippen molar-refractivity contribution in [3.63, 3.8) is 0 Å². The van der Waals surface area contributed by atoms with Crippen molar-refractivity contribution in [3.05, 3.63) is 35.9 Å². The number of hydrogen-bond donors (Lipinski definition) is 1. The molecule has 0 saturated heterocycles. The lowest BCUT2D eigenvalue weighted by molar-refractivity contribution is 0.140. The third-order valence-electron chi connectivity index (χ3n) is 2.40. The predicted molar refractivity (Wildman–Crippen MR) is 66.2 cm³/mol.